The van der Waals surface area contributed by atoms with Gasteiger partial charge in [-0.1, -0.05) is 24.3 Å². The van der Waals surface area contributed by atoms with Gasteiger partial charge >= 0.3 is 5.97 Å². The topological polar surface area (TPSA) is 37.3 Å². The molecule has 3 aliphatic carbocycles. The monoisotopic (exact) mass is 162 g/mol. The van der Waals surface area contributed by atoms with E-state index < -0.39 is 5.97 Å². The molecular weight excluding hydrogens is 152 g/mol. The van der Waals surface area contributed by atoms with Gasteiger partial charge in [-0.25, -0.2) is 0 Å². The number of carboxylic acids is 1. The zero-order chi connectivity index (χ0) is 8.29. The summed E-state index contributed by atoms with van der Waals surface area (Å²) in [7, 11) is 0. The first-order valence-electron chi connectivity index (χ1n) is 4.38. The van der Waals surface area contributed by atoms with E-state index >= 15 is 0 Å². The molecule has 62 valence electrons. The number of aliphatic carboxylic acids is 1. The third-order valence-corrected chi connectivity index (χ3v) is 3.56. The van der Waals surface area contributed by atoms with Gasteiger partial charge in [0.15, 0.2) is 0 Å². The molecule has 0 saturated heterocycles. The van der Waals surface area contributed by atoms with E-state index in [1.165, 1.54) is 0 Å². The van der Waals surface area contributed by atoms with Crippen molar-refractivity contribution in [3.05, 3.63) is 24.3 Å². The lowest BCUT2D eigenvalue weighted by Crippen LogP contribution is -2.47. The van der Waals surface area contributed by atoms with Crippen molar-refractivity contribution in [2.75, 3.05) is 0 Å². The summed E-state index contributed by atoms with van der Waals surface area (Å²) in [4.78, 5) is 10.8. The summed E-state index contributed by atoms with van der Waals surface area (Å²) in [5, 5.41) is 8.93. The summed E-state index contributed by atoms with van der Waals surface area (Å²) in [6, 6.07) is 0. The maximum atomic E-state index is 10.8. The smallest absolute Gasteiger partial charge is 0.307 e. The molecule has 3 rings (SSSR count). The average molecular weight is 162 g/mol. The van der Waals surface area contributed by atoms with Gasteiger partial charge in [-0.2, -0.15) is 0 Å². The molecule has 0 aromatic carbocycles. The molecule has 0 heterocycles. The van der Waals surface area contributed by atoms with Crippen molar-refractivity contribution in [1.82, 2.24) is 0 Å². The summed E-state index contributed by atoms with van der Waals surface area (Å²) in [5.41, 5.74) is 0. The summed E-state index contributed by atoms with van der Waals surface area (Å²) in [6.07, 6.45) is 8.51. The zero-order valence-corrected chi connectivity index (χ0v) is 6.55. The predicted molar refractivity (Wildman–Crippen MR) is 43.4 cm³/mol. The minimum Gasteiger partial charge on any atom is -0.481 e. The Morgan fingerprint density at radius 3 is 2.17 bits per heavy atom. The van der Waals surface area contributed by atoms with Gasteiger partial charge < -0.3 is 5.11 Å². The molecule has 3 unspecified atom stereocenters. The first kappa shape index (κ1) is 6.46. The van der Waals surface area contributed by atoms with Crippen LogP contribution in [0.15, 0.2) is 24.3 Å². The van der Waals surface area contributed by atoms with Crippen LogP contribution in [0.2, 0.25) is 0 Å². The van der Waals surface area contributed by atoms with Gasteiger partial charge in [0.2, 0.25) is 0 Å². The highest BCUT2D eigenvalue weighted by atomic mass is 16.4. The number of hydrogen-bond donors (Lipinski definition) is 1. The second-order valence-electron chi connectivity index (χ2n) is 3.94. The fourth-order valence-corrected chi connectivity index (χ4v) is 3.02. The fourth-order valence-electron chi connectivity index (χ4n) is 3.02. The molecular formula is C10H10O2. The quantitative estimate of drug-likeness (QED) is 0.590. The van der Waals surface area contributed by atoms with Crippen molar-refractivity contribution in [2.45, 2.75) is 0 Å². The summed E-state index contributed by atoms with van der Waals surface area (Å²) < 4.78 is 0. The number of allylic oxidation sites excluding steroid dienone is 4. The average Bonchev–Trinajstić information content (AvgIpc) is 2.36. The Hall–Kier alpha value is -1.05. The van der Waals surface area contributed by atoms with Gasteiger partial charge in [0.1, 0.15) is 0 Å². The Balaban J connectivity index is 1.98. The molecule has 0 aromatic rings. The third-order valence-electron chi connectivity index (χ3n) is 3.56. The van der Waals surface area contributed by atoms with Gasteiger partial charge in [0.25, 0.3) is 0 Å². The van der Waals surface area contributed by atoms with Crippen LogP contribution in [0.25, 0.3) is 0 Å². The minimum atomic E-state index is -0.627. The van der Waals surface area contributed by atoms with Crippen LogP contribution in [0.4, 0.5) is 0 Å². The normalized spacial score (nSPS) is 52.2. The first-order valence-corrected chi connectivity index (χ1v) is 4.38. The van der Waals surface area contributed by atoms with E-state index in [-0.39, 0.29) is 5.92 Å². The van der Waals surface area contributed by atoms with Crippen molar-refractivity contribution >= 4 is 5.97 Å². The SMILES string of the molecule is O=C(O)C1[C@H]2C=CC3C=C[C@@H]1C32. The van der Waals surface area contributed by atoms with E-state index in [9.17, 15) is 4.79 Å². The second kappa shape index (κ2) is 1.82. The van der Waals surface area contributed by atoms with Crippen LogP contribution in [0.1, 0.15) is 0 Å². The maximum absolute atomic E-state index is 10.8. The Labute approximate surface area is 70.6 Å². The number of carbonyl (C=O) groups is 1. The predicted octanol–water partition coefficient (Wildman–Crippen LogP) is 1.31. The van der Waals surface area contributed by atoms with Crippen LogP contribution in [-0.4, -0.2) is 11.1 Å². The van der Waals surface area contributed by atoms with Crippen molar-refractivity contribution < 1.29 is 9.90 Å². The van der Waals surface area contributed by atoms with E-state index in [0.717, 1.165) is 0 Å². The highest BCUT2D eigenvalue weighted by Crippen LogP contribution is 2.58. The number of rotatable bonds is 1. The van der Waals surface area contributed by atoms with Crippen LogP contribution in [0, 0.1) is 29.6 Å². The van der Waals surface area contributed by atoms with Crippen molar-refractivity contribution in [1.29, 1.82) is 0 Å². The summed E-state index contributed by atoms with van der Waals surface area (Å²) >= 11 is 0. The second-order valence-corrected chi connectivity index (χ2v) is 3.94. The molecule has 2 heteroatoms. The molecule has 0 aliphatic heterocycles. The van der Waals surface area contributed by atoms with Gasteiger partial charge in [-0.15, -0.1) is 0 Å². The Bertz CT molecular complexity index is 281. The van der Waals surface area contributed by atoms with Crippen LogP contribution < -0.4 is 0 Å². The molecule has 0 aromatic heterocycles. The molecule has 0 bridgehead atoms. The third kappa shape index (κ3) is 0.521. The van der Waals surface area contributed by atoms with Crippen molar-refractivity contribution in [2.24, 2.45) is 29.6 Å². The summed E-state index contributed by atoms with van der Waals surface area (Å²) in [5.74, 6) is 1.05. The maximum Gasteiger partial charge on any atom is 0.307 e. The van der Waals surface area contributed by atoms with Gasteiger partial charge in [0, 0.05) is 0 Å². The van der Waals surface area contributed by atoms with Gasteiger partial charge in [0.05, 0.1) is 5.92 Å². The minimum absolute atomic E-state index is 0.130. The Kier molecular flexibility index (Phi) is 0.978. The molecule has 2 nitrogen and oxygen atoms in total. The Morgan fingerprint density at radius 2 is 1.67 bits per heavy atom. The molecule has 0 amide bonds. The van der Waals surface area contributed by atoms with Crippen molar-refractivity contribution in [3.63, 3.8) is 0 Å². The van der Waals surface area contributed by atoms with Crippen LogP contribution >= 0.6 is 0 Å². The zero-order valence-electron chi connectivity index (χ0n) is 6.55. The van der Waals surface area contributed by atoms with E-state index in [1.54, 1.807) is 0 Å². The van der Waals surface area contributed by atoms with E-state index in [0.29, 0.717) is 23.7 Å². The molecule has 1 fully saturated rings. The number of hydrogen-bond acceptors (Lipinski definition) is 1. The van der Waals surface area contributed by atoms with E-state index in [4.69, 9.17) is 5.11 Å². The first-order chi connectivity index (χ1) is 5.79. The molecule has 1 N–H and O–H groups in total. The molecule has 1 saturated carbocycles. The number of carboxylic acid groups (broad SMARTS) is 1. The lowest BCUT2D eigenvalue weighted by Gasteiger charge is -2.43. The molecule has 12 heavy (non-hydrogen) atoms. The van der Waals surface area contributed by atoms with Crippen molar-refractivity contribution in [3.8, 4) is 0 Å². The molecule has 5 atom stereocenters. The lowest BCUT2D eigenvalue weighted by molar-refractivity contribution is -0.152. The van der Waals surface area contributed by atoms with Gasteiger partial charge in [-0.05, 0) is 23.7 Å². The largest absolute Gasteiger partial charge is 0.481 e. The van der Waals surface area contributed by atoms with E-state index in [1.807, 2.05) is 0 Å². The Morgan fingerprint density at radius 1 is 1.08 bits per heavy atom. The molecule has 0 radical (unpaired) electrons. The standard InChI is InChI=1S/C10H10O2/c11-10(12)9-6-3-1-5-2-4-7(9)8(5)6/h1-9H,(H,11,12)/t5?,6-,7+,8?,9?. The lowest BCUT2D eigenvalue weighted by atomic mass is 9.58. The van der Waals surface area contributed by atoms with Gasteiger partial charge in [-0.3, -0.25) is 4.79 Å². The van der Waals surface area contributed by atoms with E-state index in [2.05, 4.69) is 24.3 Å². The highest BCUT2D eigenvalue weighted by molar-refractivity contribution is 5.74. The molecule has 3 aliphatic rings. The van der Waals surface area contributed by atoms with Crippen LogP contribution in [0.5, 0.6) is 0 Å². The van der Waals surface area contributed by atoms with Crippen LogP contribution in [0.3, 0.4) is 0 Å². The fraction of sp³-hybridized carbons (Fsp3) is 0.500. The molecule has 0 spiro atoms. The summed E-state index contributed by atoms with van der Waals surface area (Å²) in [6.45, 7) is 0. The van der Waals surface area contributed by atoms with Crippen LogP contribution in [-0.2, 0) is 4.79 Å². The highest BCUT2D eigenvalue weighted by Gasteiger charge is 2.57.